The second-order valence-corrected chi connectivity index (χ2v) is 6.91. The van der Waals surface area contributed by atoms with Crippen molar-refractivity contribution in [3.8, 4) is 0 Å². The van der Waals surface area contributed by atoms with Crippen molar-refractivity contribution in [2.75, 3.05) is 20.1 Å². The molecule has 106 valence electrons. The Morgan fingerprint density at radius 2 is 2.16 bits per heavy atom. The van der Waals surface area contributed by atoms with Crippen LogP contribution in [-0.4, -0.2) is 37.4 Å². The molecule has 1 N–H and O–H groups in total. The van der Waals surface area contributed by atoms with E-state index in [-0.39, 0.29) is 0 Å². The molecule has 2 heterocycles. The highest BCUT2D eigenvalue weighted by Crippen LogP contribution is 2.21. The monoisotopic (exact) mass is 283 g/mol. The van der Waals surface area contributed by atoms with Crippen LogP contribution in [0.1, 0.15) is 19.0 Å². The predicted octanol–water partition coefficient (Wildman–Crippen LogP) is 1.09. The summed E-state index contributed by atoms with van der Waals surface area (Å²) in [6.07, 6.45) is 4.49. The fraction of sp³-hybridized carbons (Fsp3) is 0.538. The molecule has 0 unspecified atom stereocenters. The van der Waals surface area contributed by atoms with Gasteiger partial charge in [-0.1, -0.05) is 11.6 Å². The van der Waals surface area contributed by atoms with Crippen molar-refractivity contribution in [1.82, 2.24) is 14.2 Å². The van der Waals surface area contributed by atoms with E-state index in [1.54, 1.807) is 16.6 Å². The van der Waals surface area contributed by atoms with Gasteiger partial charge in [-0.05, 0) is 26.5 Å². The van der Waals surface area contributed by atoms with Crippen LogP contribution in [0.2, 0.25) is 0 Å². The van der Waals surface area contributed by atoms with E-state index in [9.17, 15) is 8.42 Å². The van der Waals surface area contributed by atoms with Gasteiger partial charge in [0.05, 0.1) is 0 Å². The third kappa shape index (κ3) is 2.91. The van der Waals surface area contributed by atoms with Gasteiger partial charge in [-0.25, -0.2) is 8.42 Å². The molecule has 0 saturated carbocycles. The average molecular weight is 283 g/mol. The van der Waals surface area contributed by atoms with Gasteiger partial charge in [-0.3, -0.25) is 0 Å². The number of hydrogen-bond donors (Lipinski definition) is 1. The third-order valence-electron chi connectivity index (χ3n) is 3.48. The van der Waals surface area contributed by atoms with Crippen LogP contribution in [0.5, 0.6) is 0 Å². The minimum Gasteiger partial charge on any atom is -0.352 e. The normalized spacial score (nSPS) is 17.5. The zero-order valence-electron chi connectivity index (χ0n) is 11.7. The van der Waals surface area contributed by atoms with Crippen LogP contribution in [-0.2, 0) is 23.6 Å². The SMILES string of the molecule is CNCc1cc(S(=O)(=O)N2CC=C(C)CC2)cn1C. The Kier molecular flexibility index (Phi) is 4.13. The van der Waals surface area contributed by atoms with Gasteiger partial charge in [-0.2, -0.15) is 4.31 Å². The van der Waals surface area contributed by atoms with E-state index in [4.69, 9.17) is 0 Å². The predicted molar refractivity (Wildman–Crippen MR) is 75.3 cm³/mol. The van der Waals surface area contributed by atoms with Crippen molar-refractivity contribution in [3.63, 3.8) is 0 Å². The Morgan fingerprint density at radius 3 is 2.74 bits per heavy atom. The van der Waals surface area contributed by atoms with Crippen LogP contribution in [0, 0.1) is 0 Å². The summed E-state index contributed by atoms with van der Waals surface area (Å²) in [7, 11) is 0.348. The Labute approximate surface area is 115 Å². The van der Waals surface area contributed by atoms with Gasteiger partial charge in [0.2, 0.25) is 10.0 Å². The van der Waals surface area contributed by atoms with Crippen molar-refractivity contribution in [1.29, 1.82) is 0 Å². The van der Waals surface area contributed by atoms with E-state index in [0.717, 1.165) is 12.1 Å². The largest absolute Gasteiger partial charge is 0.352 e. The first kappa shape index (κ1) is 14.3. The lowest BCUT2D eigenvalue weighted by Crippen LogP contribution is -2.34. The van der Waals surface area contributed by atoms with Crippen molar-refractivity contribution in [2.24, 2.45) is 7.05 Å². The maximum absolute atomic E-state index is 12.5. The summed E-state index contributed by atoms with van der Waals surface area (Å²) in [5.74, 6) is 0. The maximum atomic E-state index is 12.5. The van der Waals surface area contributed by atoms with Crippen LogP contribution in [0.25, 0.3) is 0 Å². The smallest absolute Gasteiger partial charge is 0.244 e. The lowest BCUT2D eigenvalue weighted by Gasteiger charge is -2.24. The zero-order valence-corrected chi connectivity index (χ0v) is 12.5. The highest BCUT2D eigenvalue weighted by molar-refractivity contribution is 7.89. The molecule has 1 aliphatic heterocycles. The second kappa shape index (κ2) is 5.48. The van der Waals surface area contributed by atoms with E-state index in [1.807, 2.05) is 31.7 Å². The second-order valence-electron chi connectivity index (χ2n) is 4.97. The molecule has 0 radical (unpaired) electrons. The van der Waals surface area contributed by atoms with E-state index in [0.29, 0.717) is 24.5 Å². The van der Waals surface area contributed by atoms with Crippen molar-refractivity contribution in [2.45, 2.75) is 24.8 Å². The fourth-order valence-electron chi connectivity index (χ4n) is 2.19. The minimum atomic E-state index is -3.37. The highest BCUT2D eigenvalue weighted by atomic mass is 32.2. The summed E-state index contributed by atoms with van der Waals surface area (Å²) in [6.45, 7) is 3.74. The molecule has 0 saturated heterocycles. The molecule has 0 fully saturated rings. The molecule has 0 aliphatic carbocycles. The molecule has 0 atom stereocenters. The number of nitrogens with zero attached hydrogens (tertiary/aromatic N) is 2. The van der Waals surface area contributed by atoms with Gasteiger partial charge in [0.25, 0.3) is 0 Å². The molecule has 19 heavy (non-hydrogen) atoms. The van der Waals surface area contributed by atoms with Gasteiger partial charge in [-0.15, -0.1) is 0 Å². The van der Waals surface area contributed by atoms with Gasteiger partial charge in [0, 0.05) is 38.6 Å². The summed E-state index contributed by atoms with van der Waals surface area (Å²) in [6, 6.07) is 1.75. The summed E-state index contributed by atoms with van der Waals surface area (Å²) in [4.78, 5) is 0.383. The summed E-state index contributed by atoms with van der Waals surface area (Å²) in [5, 5.41) is 3.04. The van der Waals surface area contributed by atoms with Crippen LogP contribution in [0.4, 0.5) is 0 Å². The average Bonchev–Trinajstić information content (AvgIpc) is 2.73. The van der Waals surface area contributed by atoms with Crippen LogP contribution >= 0.6 is 0 Å². The number of sulfonamides is 1. The Balaban J connectivity index is 2.27. The Morgan fingerprint density at radius 1 is 1.42 bits per heavy atom. The number of aryl methyl sites for hydroxylation is 1. The third-order valence-corrected chi connectivity index (χ3v) is 5.31. The van der Waals surface area contributed by atoms with Gasteiger partial charge in [0.1, 0.15) is 4.90 Å². The summed E-state index contributed by atoms with van der Waals surface area (Å²) >= 11 is 0. The molecule has 1 aliphatic rings. The number of nitrogens with one attached hydrogen (secondary N) is 1. The first-order chi connectivity index (χ1) is 8.95. The highest BCUT2D eigenvalue weighted by Gasteiger charge is 2.26. The van der Waals surface area contributed by atoms with Gasteiger partial charge >= 0.3 is 0 Å². The molecule has 6 heteroatoms. The van der Waals surface area contributed by atoms with Crippen molar-refractivity contribution in [3.05, 3.63) is 29.6 Å². The standard InChI is InChI=1S/C13H21N3O2S/c1-11-4-6-16(7-5-11)19(17,18)13-8-12(9-14-2)15(3)10-13/h4,8,10,14H,5-7,9H2,1-3H3. The Bertz CT molecular complexity index is 587. The summed E-state index contributed by atoms with van der Waals surface area (Å²) in [5.41, 5.74) is 2.22. The maximum Gasteiger partial charge on any atom is 0.244 e. The molecule has 0 bridgehead atoms. The molecule has 5 nitrogen and oxygen atoms in total. The zero-order chi connectivity index (χ0) is 14.0. The molecular weight excluding hydrogens is 262 g/mol. The topological polar surface area (TPSA) is 54.3 Å². The molecule has 0 spiro atoms. The van der Waals surface area contributed by atoms with Gasteiger partial charge < -0.3 is 9.88 Å². The van der Waals surface area contributed by atoms with E-state index in [2.05, 4.69) is 5.32 Å². The van der Waals surface area contributed by atoms with Gasteiger partial charge in [0.15, 0.2) is 0 Å². The quantitative estimate of drug-likeness (QED) is 0.842. The Hall–Kier alpha value is -1.11. The lowest BCUT2D eigenvalue weighted by atomic mass is 10.1. The molecule has 2 rings (SSSR count). The molecule has 0 aromatic carbocycles. The van der Waals surface area contributed by atoms with E-state index >= 15 is 0 Å². The van der Waals surface area contributed by atoms with Crippen LogP contribution < -0.4 is 5.32 Å². The number of rotatable bonds is 4. The van der Waals surface area contributed by atoms with Crippen molar-refractivity contribution < 1.29 is 8.42 Å². The van der Waals surface area contributed by atoms with Crippen LogP contribution in [0.15, 0.2) is 28.8 Å². The number of aromatic nitrogens is 1. The molecule has 1 aromatic heterocycles. The van der Waals surface area contributed by atoms with Crippen molar-refractivity contribution >= 4 is 10.0 Å². The lowest BCUT2D eigenvalue weighted by molar-refractivity contribution is 0.431. The minimum absolute atomic E-state index is 0.383. The molecular formula is C13H21N3O2S. The van der Waals surface area contributed by atoms with Crippen LogP contribution in [0.3, 0.4) is 0 Å². The molecule has 0 amide bonds. The van der Waals surface area contributed by atoms with E-state index in [1.165, 1.54) is 5.57 Å². The first-order valence-electron chi connectivity index (χ1n) is 6.41. The number of hydrogen-bond acceptors (Lipinski definition) is 3. The fourth-order valence-corrected chi connectivity index (χ4v) is 3.67. The first-order valence-corrected chi connectivity index (χ1v) is 7.85. The van der Waals surface area contributed by atoms with E-state index < -0.39 is 10.0 Å². The molecule has 1 aromatic rings. The summed E-state index contributed by atoms with van der Waals surface area (Å²) < 4.78 is 28.4.